The van der Waals surface area contributed by atoms with Gasteiger partial charge in [0.25, 0.3) is 0 Å². The maximum absolute atomic E-state index is 15.3. The summed E-state index contributed by atoms with van der Waals surface area (Å²) in [5.41, 5.74) is -2.29. The predicted octanol–water partition coefficient (Wildman–Crippen LogP) is 6.20. The molecule has 14 heteroatoms. The fourth-order valence-corrected chi connectivity index (χ4v) is 7.76. The van der Waals surface area contributed by atoms with Crippen LogP contribution in [0.2, 0.25) is 0 Å². The maximum Gasteiger partial charge on any atom is 0.482 e. The van der Waals surface area contributed by atoms with Crippen molar-refractivity contribution in [3.05, 3.63) is 58.7 Å². The number of methoxy groups -OCH3 is 1. The van der Waals surface area contributed by atoms with Crippen LogP contribution in [0.25, 0.3) is 0 Å². The highest BCUT2D eigenvalue weighted by molar-refractivity contribution is 6.48. The quantitative estimate of drug-likeness (QED) is 0.205. The van der Waals surface area contributed by atoms with Crippen molar-refractivity contribution in [2.45, 2.75) is 116 Å². The first-order valence-electron chi connectivity index (χ1n) is 17.2. The molecule has 51 heavy (non-hydrogen) atoms. The molecule has 1 aliphatic heterocycles. The zero-order valence-electron chi connectivity index (χ0n) is 30.9. The van der Waals surface area contributed by atoms with Gasteiger partial charge in [0.2, 0.25) is 11.7 Å². The summed E-state index contributed by atoms with van der Waals surface area (Å²) in [6.45, 7) is 16.5. The molecular formula is C37H49BF2N2O9. The van der Waals surface area contributed by atoms with E-state index in [1.807, 2.05) is 6.92 Å². The number of phenols is 1. The number of aromatic hydroxyl groups is 1. The van der Waals surface area contributed by atoms with E-state index in [-0.39, 0.29) is 35.2 Å². The second-order valence-electron chi connectivity index (χ2n) is 16.5. The highest BCUT2D eigenvalue weighted by Gasteiger charge is 2.68. The van der Waals surface area contributed by atoms with Crippen molar-refractivity contribution in [1.29, 1.82) is 0 Å². The fourth-order valence-electron chi connectivity index (χ4n) is 7.76. The van der Waals surface area contributed by atoms with Gasteiger partial charge in [0.05, 0.1) is 24.8 Å². The molecule has 0 spiro atoms. The van der Waals surface area contributed by atoms with Crippen LogP contribution in [0.3, 0.4) is 0 Å². The van der Waals surface area contributed by atoms with E-state index in [0.717, 1.165) is 25.0 Å². The number of hydrogen-bond donors (Lipinski definition) is 3. The van der Waals surface area contributed by atoms with Gasteiger partial charge in [-0.2, -0.15) is 4.39 Å². The third-order valence-corrected chi connectivity index (χ3v) is 10.3. The van der Waals surface area contributed by atoms with Gasteiger partial charge < -0.3 is 39.3 Å². The zero-order valence-corrected chi connectivity index (χ0v) is 30.9. The van der Waals surface area contributed by atoms with Crippen LogP contribution in [0.1, 0.15) is 103 Å². The first-order valence-corrected chi connectivity index (χ1v) is 17.2. The topological polar surface area (TPSA) is 142 Å². The van der Waals surface area contributed by atoms with E-state index in [1.54, 1.807) is 59.7 Å². The lowest BCUT2D eigenvalue weighted by Crippen LogP contribution is -2.65. The van der Waals surface area contributed by atoms with E-state index in [1.165, 1.54) is 7.11 Å². The maximum atomic E-state index is 15.3. The molecule has 3 aliphatic carbocycles. The molecule has 0 radical (unpaired) electrons. The number of rotatable bonds is 9. The summed E-state index contributed by atoms with van der Waals surface area (Å²) < 4.78 is 59.9. The molecule has 2 bridgehead atoms. The Morgan fingerprint density at radius 3 is 2.25 bits per heavy atom. The third-order valence-electron chi connectivity index (χ3n) is 10.3. The highest BCUT2D eigenvalue weighted by atomic mass is 19.2. The van der Waals surface area contributed by atoms with Crippen molar-refractivity contribution in [3.8, 4) is 11.5 Å². The Labute approximate surface area is 298 Å². The predicted molar refractivity (Wildman–Crippen MR) is 184 cm³/mol. The Morgan fingerprint density at radius 2 is 1.65 bits per heavy atom. The number of benzene rings is 2. The molecule has 6 atom stereocenters. The molecule has 2 aromatic carbocycles. The summed E-state index contributed by atoms with van der Waals surface area (Å²) in [7, 11) is 0.397. The van der Waals surface area contributed by atoms with Crippen molar-refractivity contribution in [2.75, 3.05) is 7.11 Å². The number of nitrogens with one attached hydrogen (secondary N) is 2. The molecule has 0 aromatic heterocycles. The summed E-state index contributed by atoms with van der Waals surface area (Å²) in [5, 5.41) is 15.0. The minimum atomic E-state index is -1.81. The van der Waals surface area contributed by atoms with Crippen LogP contribution >= 0.6 is 0 Å². The van der Waals surface area contributed by atoms with Gasteiger partial charge in [-0.3, -0.25) is 4.79 Å². The van der Waals surface area contributed by atoms with Crippen LogP contribution < -0.4 is 15.4 Å². The molecule has 11 nitrogen and oxygen atoms in total. The number of carbonyl (C=O) groups excluding carboxylic acids is 3. The molecule has 4 fully saturated rings. The average molecular weight is 715 g/mol. The molecule has 1 heterocycles. The van der Waals surface area contributed by atoms with E-state index in [9.17, 15) is 23.9 Å². The summed E-state index contributed by atoms with van der Waals surface area (Å²) in [6.07, 6.45) is 0.407. The number of hydrogen-bond acceptors (Lipinski definition) is 9. The van der Waals surface area contributed by atoms with Crippen LogP contribution in [0, 0.1) is 28.9 Å². The summed E-state index contributed by atoms with van der Waals surface area (Å²) in [4.78, 5) is 40.4. The third kappa shape index (κ3) is 7.67. The largest absolute Gasteiger partial charge is 0.505 e. The Hall–Kier alpha value is -3.91. The Morgan fingerprint density at radius 1 is 0.980 bits per heavy atom. The number of amides is 2. The number of halogens is 2. The normalized spacial score (nSPS) is 24.8. The monoisotopic (exact) mass is 714 g/mol. The van der Waals surface area contributed by atoms with Crippen molar-refractivity contribution in [2.24, 2.45) is 17.3 Å². The zero-order chi connectivity index (χ0) is 37.8. The Kier molecular flexibility index (Phi) is 10.2. The van der Waals surface area contributed by atoms with Gasteiger partial charge in [-0.1, -0.05) is 26.0 Å². The van der Waals surface area contributed by atoms with Crippen LogP contribution in [-0.4, -0.2) is 66.2 Å². The van der Waals surface area contributed by atoms with Crippen LogP contribution in [0.4, 0.5) is 13.6 Å². The van der Waals surface area contributed by atoms with Crippen molar-refractivity contribution < 1.29 is 51.8 Å². The van der Waals surface area contributed by atoms with Crippen LogP contribution in [0.15, 0.2) is 30.3 Å². The molecule has 2 amide bonds. The number of alkyl carbamates (subject to hydrolysis) is 1. The Balaban J connectivity index is 1.53. The number of ether oxygens (including phenoxy) is 3. The standard InChI is InChI=1S/C37H49BF2N2O9/c1-34(2,3)48-32(45)22-13-11-12-19(30(22)47-10)16-26(38-50-25-18-20-17-24(36(20,7)8)37(25,9)51-38)41-31(44)29(42-33(46)49-35(4,5)6)21-14-15-23(43)28(40)27(21)39/h11-15,20,24-26,29,43H,16-18H2,1-10H3,(H,41,44)(H,42,46)/t20-,24-,25+,26-,29?,37-/m0/s1. The lowest BCUT2D eigenvalue weighted by Gasteiger charge is -2.64. The number of esters is 1. The second kappa shape index (κ2) is 13.6. The van der Waals surface area contributed by atoms with Gasteiger partial charge in [-0.15, -0.1) is 0 Å². The molecule has 4 aliphatic rings. The second-order valence-corrected chi connectivity index (χ2v) is 16.5. The lowest BCUT2D eigenvalue weighted by molar-refractivity contribution is -0.199. The van der Waals surface area contributed by atoms with Crippen molar-refractivity contribution >= 4 is 25.1 Å². The molecule has 1 saturated heterocycles. The van der Waals surface area contributed by atoms with E-state index in [0.29, 0.717) is 11.5 Å². The smallest absolute Gasteiger partial charge is 0.482 e. The average Bonchev–Trinajstić information content (AvgIpc) is 3.38. The summed E-state index contributed by atoms with van der Waals surface area (Å²) in [5.74, 6) is -5.77. The minimum Gasteiger partial charge on any atom is -0.505 e. The van der Waals surface area contributed by atoms with Crippen LogP contribution in [-0.2, 0) is 30.0 Å². The highest BCUT2D eigenvalue weighted by Crippen LogP contribution is 2.65. The van der Waals surface area contributed by atoms with Crippen LogP contribution in [0.5, 0.6) is 11.5 Å². The molecular weight excluding hydrogens is 665 g/mol. The van der Waals surface area contributed by atoms with Gasteiger partial charge in [-0.25, -0.2) is 14.0 Å². The van der Waals surface area contributed by atoms with Gasteiger partial charge in [-0.05, 0) is 109 Å². The SMILES string of the molecule is COc1c(C[C@H](NC(=O)C(NC(=O)OC(C)(C)C)c2ccc(O)c(F)c2F)B2O[C@@H]3C[C@@H]4C[C@@H](C4(C)C)[C@]3(C)O2)cccc1C(=O)OC(C)(C)C. The molecule has 3 N–H and O–H groups in total. The van der Waals surface area contributed by atoms with Crippen molar-refractivity contribution in [3.63, 3.8) is 0 Å². The van der Waals surface area contributed by atoms with E-state index >= 15 is 4.39 Å². The first kappa shape index (κ1) is 38.3. The van der Waals surface area contributed by atoms with Crippen molar-refractivity contribution in [1.82, 2.24) is 10.6 Å². The summed E-state index contributed by atoms with van der Waals surface area (Å²) >= 11 is 0. The van der Waals surface area contributed by atoms with Gasteiger partial charge in [0.15, 0.2) is 11.6 Å². The molecule has 3 saturated carbocycles. The van der Waals surface area contributed by atoms with Gasteiger partial charge in [0.1, 0.15) is 28.6 Å². The van der Waals surface area contributed by atoms with E-state index in [4.69, 9.17) is 23.5 Å². The van der Waals surface area contributed by atoms with E-state index in [2.05, 4.69) is 24.5 Å². The lowest BCUT2D eigenvalue weighted by atomic mass is 9.43. The molecule has 1 unspecified atom stereocenters. The van der Waals surface area contributed by atoms with Gasteiger partial charge >= 0.3 is 19.2 Å². The molecule has 278 valence electrons. The van der Waals surface area contributed by atoms with Gasteiger partial charge in [0, 0.05) is 5.56 Å². The Bertz CT molecular complexity index is 1690. The number of para-hydroxylation sites is 1. The number of carbonyl (C=O) groups is 3. The first-order chi connectivity index (χ1) is 23.6. The minimum absolute atomic E-state index is 0.00207. The fraction of sp³-hybridized carbons (Fsp3) is 0.595. The molecule has 6 rings (SSSR count). The summed E-state index contributed by atoms with van der Waals surface area (Å²) in [6, 6.07) is 5.04. The van der Waals surface area contributed by atoms with E-state index < -0.39 is 76.8 Å². The number of phenolic OH excluding ortho intramolecular Hbond substituents is 1. The molecule has 2 aromatic rings.